The summed E-state index contributed by atoms with van der Waals surface area (Å²) in [5.41, 5.74) is 0. The molecule has 1 N–H and O–H groups in total. The average Bonchev–Trinajstić information content (AvgIpc) is 3.09. The van der Waals surface area contributed by atoms with Gasteiger partial charge in [-0.15, -0.1) is 0 Å². The van der Waals surface area contributed by atoms with E-state index in [1.54, 1.807) is 0 Å². The van der Waals surface area contributed by atoms with E-state index in [-0.39, 0.29) is 0 Å². The predicted octanol–water partition coefficient (Wildman–Crippen LogP) is 2.88. The lowest BCUT2D eigenvalue weighted by Gasteiger charge is -2.44. The second-order valence-corrected chi connectivity index (χ2v) is 6.61. The van der Waals surface area contributed by atoms with Crippen molar-refractivity contribution in [2.45, 2.75) is 71.0 Å². The highest BCUT2D eigenvalue weighted by Crippen LogP contribution is 2.34. The van der Waals surface area contributed by atoms with Crippen molar-refractivity contribution < 1.29 is 0 Å². The number of nitrogens with zero attached hydrogens (tertiary/aromatic N) is 1. The van der Waals surface area contributed by atoms with Gasteiger partial charge in [-0.2, -0.15) is 0 Å². The topological polar surface area (TPSA) is 15.3 Å². The van der Waals surface area contributed by atoms with Gasteiger partial charge in [0.2, 0.25) is 0 Å². The molecule has 0 aromatic carbocycles. The molecule has 0 heterocycles. The maximum absolute atomic E-state index is 3.56. The Balaban J connectivity index is 2.01. The fraction of sp³-hybridized carbons (Fsp3) is 1.00. The van der Waals surface area contributed by atoms with Gasteiger partial charge in [-0.3, -0.25) is 4.90 Å². The fourth-order valence-electron chi connectivity index (χ4n) is 3.38. The molecule has 2 aliphatic carbocycles. The SMILES string of the molecule is CNC1CCC(C)CC1N(CC1CC1)C(C)C. The van der Waals surface area contributed by atoms with Crippen LogP contribution in [0.2, 0.25) is 0 Å². The second-order valence-electron chi connectivity index (χ2n) is 6.61. The van der Waals surface area contributed by atoms with E-state index in [1.165, 1.54) is 38.6 Å². The van der Waals surface area contributed by atoms with Gasteiger partial charge in [-0.25, -0.2) is 0 Å². The Morgan fingerprint density at radius 2 is 1.88 bits per heavy atom. The van der Waals surface area contributed by atoms with Crippen molar-refractivity contribution in [3.8, 4) is 0 Å². The lowest BCUT2D eigenvalue weighted by Crippen LogP contribution is -2.54. The highest BCUT2D eigenvalue weighted by atomic mass is 15.2. The summed E-state index contributed by atoms with van der Waals surface area (Å²) in [4.78, 5) is 2.79. The van der Waals surface area contributed by atoms with Gasteiger partial charge in [0.1, 0.15) is 0 Å². The molecule has 0 bridgehead atoms. The van der Waals surface area contributed by atoms with Crippen LogP contribution in [0.1, 0.15) is 52.9 Å². The first-order valence-corrected chi connectivity index (χ1v) is 7.54. The molecule has 0 spiro atoms. The summed E-state index contributed by atoms with van der Waals surface area (Å²) in [5, 5.41) is 3.56. The molecule has 2 fully saturated rings. The molecule has 2 nitrogen and oxygen atoms in total. The van der Waals surface area contributed by atoms with Gasteiger partial charge < -0.3 is 5.32 Å². The maximum atomic E-state index is 3.56. The Labute approximate surface area is 107 Å². The van der Waals surface area contributed by atoms with Crippen molar-refractivity contribution in [1.29, 1.82) is 0 Å². The first-order valence-electron chi connectivity index (χ1n) is 7.54. The third-order valence-corrected chi connectivity index (χ3v) is 4.70. The van der Waals surface area contributed by atoms with Crippen molar-refractivity contribution in [3.63, 3.8) is 0 Å². The van der Waals surface area contributed by atoms with Crippen LogP contribution in [-0.4, -0.2) is 36.6 Å². The molecule has 2 heteroatoms. The highest BCUT2D eigenvalue weighted by Gasteiger charge is 2.36. The van der Waals surface area contributed by atoms with Crippen LogP contribution in [0.15, 0.2) is 0 Å². The zero-order valence-corrected chi connectivity index (χ0v) is 12.1. The van der Waals surface area contributed by atoms with E-state index in [2.05, 4.69) is 38.0 Å². The fourth-order valence-corrected chi connectivity index (χ4v) is 3.38. The third-order valence-electron chi connectivity index (χ3n) is 4.70. The molecule has 2 rings (SSSR count). The maximum Gasteiger partial charge on any atom is 0.0254 e. The number of likely N-dealkylation sites (N-methyl/N-ethyl adjacent to an activating group) is 1. The van der Waals surface area contributed by atoms with Crippen LogP contribution in [0.4, 0.5) is 0 Å². The number of nitrogens with one attached hydrogen (secondary N) is 1. The van der Waals surface area contributed by atoms with Crippen molar-refractivity contribution in [2.75, 3.05) is 13.6 Å². The molecule has 3 unspecified atom stereocenters. The van der Waals surface area contributed by atoms with E-state index in [0.29, 0.717) is 12.1 Å². The number of hydrogen-bond donors (Lipinski definition) is 1. The molecular formula is C15H30N2. The Morgan fingerprint density at radius 3 is 2.41 bits per heavy atom. The molecule has 2 aliphatic rings. The minimum absolute atomic E-state index is 0.696. The molecule has 0 aliphatic heterocycles. The number of rotatable bonds is 5. The summed E-state index contributed by atoms with van der Waals surface area (Å²) in [5.74, 6) is 1.91. The lowest BCUT2D eigenvalue weighted by molar-refractivity contribution is 0.0729. The van der Waals surface area contributed by atoms with E-state index in [4.69, 9.17) is 0 Å². The van der Waals surface area contributed by atoms with Crippen LogP contribution in [0.25, 0.3) is 0 Å². The van der Waals surface area contributed by atoms with Gasteiger partial charge in [0.15, 0.2) is 0 Å². The Kier molecular flexibility index (Phi) is 4.48. The summed E-state index contributed by atoms with van der Waals surface area (Å²) in [6, 6.07) is 2.18. The molecule has 0 aromatic heterocycles. The van der Waals surface area contributed by atoms with Crippen LogP contribution in [0.3, 0.4) is 0 Å². The van der Waals surface area contributed by atoms with Gasteiger partial charge in [-0.1, -0.05) is 6.92 Å². The summed E-state index contributed by atoms with van der Waals surface area (Å²) in [7, 11) is 2.14. The van der Waals surface area contributed by atoms with Gasteiger partial charge in [-0.05, 0) is 64.8 Å². The number of hydrogen-bond acceptors (Lipinski definition) is 2. The molecule has 0 saturated heterocycles. The van der Waals surface area contributed by atoms with E-state index < -0.39 is 0 Å². The van der Waals surface area contributed by atoms with E-state index in [0.717, 1.165) is 17.9 Å². The van der Waals surface area contributed by atoms with Crippen LogP contribution in [0.5, 0.6) is 0 Å². The summed E-state index contributed by atoms with van der Waals surface area (Å²) < 4.78 is 0. The van der Waals surface area contributed by atoms with Crippen molar-refractivity contribution >= 4 is 0 Å². The molecule has 100 valence electrons. The van der Waals surface area contributed by atoms with Gasteiger partial charge in [0.05, 0.1) is 0 Å². The van der Waals surface area contributed by atoms with Gasteiger partial charge in [0, 0.05) is 24.7 Å². The normalized spacial score (nSPS) is 34.6. The van der Waals surface area contributed by atoms with E-state index in [1.807, 2.05) is 0 Å². The average molecular weight is 238 g/mol. The van der Waals surface area contributed by atoms with E-state index in [9.17, 15) is 0 Å². The summed E-state index contributed by atoms with van der Waals surface area (Å²) in [6.07, 6.45) is 7.08. The Morgan fingerprint density at radius 1 is 1.18 bits per heavy atom. The molecule has 0 amide bonds. The second kappa shape index (κ2) is 5.71. The highest BCUT2D eigenvalue weighted by molar-refractivity contribution is 4.92. The Hall–Kier alpha value is -0.0800. The van der Waals surface area contributed by atoms with Crippen molar-refractivity contribution in [1.82, 2.24) is 10.2 Å². The minimum atomic E-state index is 0.696. The Bertz CT molecular complexity index is 235. The van der Waals surface area contributed by atoms with Crippen molar-refractivity contribution in [3.05, 3.63) is 0 Å². The summed E-state index contributed by atoms with van der Waals surface area (Å²) >= 11 is 0. The molecule has 0 aromatic rings. The standard InChI is InChI=1S/C15H30N2/c1-11(2)17(10-13-6-7-13)15-9-12(3)5-8-14(15)16-4/h11-16H,5-10H2,1-4H3. The minimum Gasteiger partial charge on any atom is -0.315 e. The van der Waals surface area contributed by atoms with Crippen LogP contribution < -0.4 is 5.32 Å². The van der Waals surface area contributed by atoms with Crippen molar-refractivity contribution in [2.24, 2.45) is 11.8 Å². The van der Waals surface area contributed by atoms with Crippen LogP contribution in [0, 0.1) is 11.8 Å². The third kappa shape index (κ3) is 3.45. The van der Waals surface area contributed by atoms with Gasteiger partial charge >= 0.3 is 0 Å². The molecule has 3 atom stereocenters. The molecule has 0 radical (unpaired) electrons. The molecule has 2 saturated carbocycles. The monoisotopic (exact) mass is 238 g/mol. The van der Waals surface area contributed by atoms with Crippen LogP contribution in [-0.2, 0) is 0 Å². The van der Waals surface area contributed by atoms with Gasteiger partial charge in [0.25, 0.3) is 0 Å². The zero-order chi connectivity index (χ0) is 12.4. The summed E-state index contributed by atoms with van der Waals surface area (Å²) in [6.45, 7) is 8.50. The smallest absolute Gasteiger partial charge is 0.0254 e. The first-order chi connectivity index (χ1) is 8.11. The zero-order valence-electron chi connectivity index (χ0n) is 12.1. The predicted molar refractivity (Wildman–Crippen MR) is 74.2 cm³/mol. The lowest BCUT2D eigenvalue weighted by atomic mass is 9.82. The molecule has 17 heavy (non-hydrogen) atoms. The quantitative estimate of drug-likeness (QED) is 0.792. The largest absolute Gasteiger partial charge is 0.315 e. The van der Waals surface area contributed by atoms with Crippen LogP contribution >= 0.6 is 0 Å². The molecular weight excluding hydrogens is 208 g/mol. The van der Waals surface area contributed by atoms with E-state index >= 15 is 0 Å². The first kappa shape index (κ1) is 13.4.